The number of hydrogen-bond acceptors (Lipinski definition) is 2. The molecule has 3 nitrogen and oxygen atoms in total. The Kier molecular flexibility index (Phi) is 3.59. The second kappa shape index (κ2) is 5.15. The molecule has 0 aliphatic heterocycles. The van der Waals surface area contributed by atoms with E-state index in [-0.39, 0.29) is 12.4 Å². The van der Waals surface area contributed by atoms with Crippen LogP contribution < -0.4 is 0 Å². The Morgan fingerprint density at radius 2 is 2.12 bits per heavy atom. The summed E-state index contributed by atoms with van der Waals surface area (Å²) in [6, 6.07) is 7.90. The third-order valence-corrected chi connectivity index (χ3v) is 2.84. The van der Waals surface area contributed by atoms with E-state index in [1.54, 1.807) is 7.11 Å². The van der Waals surface area contributed by atoms with Crippen molar-refractivity contribution in [2.45, 2.75) is 19.8 Å². The summed E-state index contributed by atoms with van der Waals surface area (Å²) in [6.45, 7) is 2.24. The number of carbonyl (C=O) groups is 1. The third kappa shape index (κ3) is 2.24. The number of aryl methyl sites for hydroxylation is 1. The van der Waals surface area contributed by atoms with E-state index in [1.165, 1.54) is 0 Å². The van der Waals surface area contributed by atoms with Gasteiger partial charge in [0.1, 0.15) is 6.61 Å². The van der Waals surface area contributed by atoms with Gasteiger partial charge in [0.25, 0.3) is 0 Å². The lowest BCUT2D eigenvalue weighted by Crippen LogP contribution is -2.09. The van der Waals surface area contributed by atoms with Crippen molar-refractivity contribution in [3.8, 4) is 0 Å². The Morgan fingerprint density at radius 3 is 2.82 bits per heavy atom. The zero-order chi connectivity index (χ0) is 12.3. The number of benzene rings is 1. The molecule has 1 aromatic carbocycles. The number of methoxy groups -OCH3 is 1. The summed E-state index contributed by atoms with van der Waals surface area (Å²) in [6.07, 6.45) is 1.90. The van der Waals surface area contributed by atoms with Crippen molar-refractivity contribution < 1.29 is 9.53 Å². The predicted octanol–water partition coefficient (Wildman–Crippen LogP) is 2.95. The molecule has 90 valence electrons. The van der Waals surface area contributed by atoms with Crippen LogP contribution in [0.25, 0.3) is 10.9 Å². The van der Waals surface area contributed by atoms with Crippen LogP contribution in [0.3, 0.4) is 0 Å². The molecule has 2 aromatic rings. The highest BCUT2D eigenvalue weighted by Crippen LogP contribution is 2.23. The molecule has 1 heterocycles. The third-order valence-electron chi connectivity index (χ3n) is 2.84. The van der Waals surface area contributed by atoms with Crippen molar-refractivity contribution in [1.29, 1.82) is 0 Å². The summed E-state index contributed by atoms with van der Waals surface area (Å²) in [5, 5.41) is 0.998. The van der Waals surface area contributed by atoms with E-state index in [9.17, 15) is 4.79 Å². The number of carbonyl (C=O) groups excluding carboxylic acids is 1. The molecule has 0 aliphatic rings. The fourth-order valence-electron chi connectivity index (χ4n) is 2.16. The molecule has 3 heteroatoms. The Morgan fingerprint density at radius 1 is 1.35 bits per heavy atom. The Labute approximate surface area is 101 Å². The van der Waals surface area contributed by atoms with Crippen molar-refractivity contribution in [1.82, 2.24) is 4.98 Å². The quantitative estimate of drug-likeness (QED) is 0.804. The van der Waals surface area contributed by atoms with Crippen molar-refractivity contribution >= 4 is 16.7 Å². The Hall–Kier alpha value is -1.61. The summed E-state index contributed by atoms with van der Waals surface area (Å²) < 4.78 is 4.95. The molecular weight excluding hydrogens is 214 g/mol. The first kappa shape index (κ1) is 11.9. The number of aromatic amines is 1. The van der Waals surface area contributed by atoms with E-state index >= 15 is 0 Å². The second-order valence-electron chi connectivity index (χ2n) is 4.13. The molecule has 0 aliphatic carbocycles. The zero-order valence-corrected chi connectivity index (χ0v) is 10.2. The van der Waals surface area contributed by atoms with Crippen LogP contribution >= 0.6 is 0 Å². The molecule has 1 N–H and O–H groups in total. The van der Waals surface area contributed by atoms with Crippen LogP contribution in [0, 0.1) is 0 Å². The number of hydrogen-bond donors (Lipinski definition) is 1. The average molecular weight is 231 g/mol. The predicted molar refractivity (Wildman–Crippen MR) is 68.5 cm³/mol. The lowest BCUT2D eigenvalue weighted by Gasteiger charge is -2.02. The molecule has 0 fully saturated rings. The lowest BCUT2D eigenvalue weighted by atomic mass is 10.0. The topological polar surface area (TPSA) is 42.1 Å². The number of aromatic nitrogens is 1. The van der Waals surface area contributed by atoms with Crippen molar-refractivity contribution in [3.63, 3.8) is 0 Å². The van der Waals surface area contributed by atoms with Gasteiger partial charge >= 0.3 is 0 Å². The number of rotatable bonds is 5. The van der Waals surface area contributed by atoms with E-state index in [1.807, 2.05) is 24.3 Å². The smallest absolute Gasteiger partial charge is 0.190 e. The normalized spacial score (nSPS) is 10.9. The molecule has 0 bridgehead atoms. The molecule has 0 unspecified atom stereocenters. The van der Waals surface area contributed by atoms with Gasteiger partial charge in [-0.15, -0.1) is 0 Å². The second-order valence-corrected chi connectivity index (χ2v) is 4.13. The lowest BCUT2D eigenvalue weighted by molar-refractivity contribution is 0.0849. The van der Waals surface area contributed by atoms with Gasteiger partial charge in [-0.3, -0.25) is 4.79 Å². The summed E-state index contributed by atoms with van der Waals surface area (Å²) in [4.78, 5) is 15.4. The van der Waals surface area contributed by atoms with E-state index in [0.717, 1.165) is 35.0 Å². The zero-order valence-electron chi connectivity index (χ0n) is 10.2. The van der Waals surface area contributed by atoms with Gasteiger partial charge in [-0.05, 0) is 12.5 Å². The molecule has 0 saturated heterocycles. The van der Waals surface area contributed by atoms with Gasteiger partial charge in [0.2, 0.25) is 0 Å². The fourth-order valence-corrected chi connectivity index (χ4v) is 2.16. The van der Waals surface area contributed by atoms with E-state index in [4.69, 9.17) is 4.74 Å². The first-order chi connectivity index (χ1) is 8.27. The number of ether oxygens (including phenoxy) is 1. The standard InChI is InChI=1S/C14H17NO2/c1-3-6-12-14(13(16)9-17-2)10-7-4-5-8-11(10)15-12/h4-5,7-8,15H,3,6,9H2,1-2H3. The van der Waals surface area contributed by atoms with Crippen LogP contribution in [0.5, 0.6) is 0 Å². The molecule has 0 amide bonds. The molecule has 0 atom stereocenters. The van der Waals surface area contributed by atoms with Gasteiger partial charge in [0.05, 0.1) is 0 Å². The van der Waals surface area contributed by atoms with Gasteiger partial charge in [-0.1, -0.05) is 31.5 Å². The maximum absolute atomic E-state index is 12.1. The first-order valence-corrected chi connectivity index (χ1v) is 5.89. The Bertz CT molecular complexity index is 528. The summed E-state index contributed by atoms with van der Waals surface area (Å²) in [5.41, 5.74) is 2.84. The highest BCUT2D eigenvalue weighted by atomic mass is 16.5. The number of Topliss-reactive ketones (excluding diaryl/α,β-unsaturated/α-hetero) is 1. The van der Waals surface area contributed by atoms with Crippen LogP contribution in [0.15, 0.2) is 24.3 Å². The molecule has 17 heavy (non-hydrogen) atoms. The maximum Gasteiger partial charge on any atom is 0.190 e. The average Bonchev–Trinajstić information content (AvgIpc) is 2.67. The van der Waals surface area contributed by atoms with Crippen molar-refractivity contribution in [2.24, 2.45) is 0 Å². The maximum atomic E-state index is 12.1. The largest absolute Gasteiger partial charge is 0.377 e. The highest BCUT2D eigenvalue weighted by Gasteiger charge is 2.17. The van der Waals surface area contributed by atoms with Gasteiger partial charge in [0, 0.05) is 29.3 Å². The first-order valence-electron chi connectivity index (χ1n) is 5.89. The number of para-hydroxylation sites is 1. The molecule has 0 spiro atoms. The summed E-state index contributed by atoms with van der Waals surface area (Å²) >= 11 is 0. The highest BCUT2D eigenvalue weighted by molar-refractivity contribution is 6.09. The van der Waals surface area contributed by atoms with Crippen LogP contribution in [0.1, 0.15) is 29.4 Å². The number of H-pyrrole nitrogens is 1. The van der Waals surface area contributed by atoms with Crippen molar-refractivity contribution in [2.75, 3.05) is 13.7 Å². The number of fused-ring (bicyclic) bond motifs is 1. The molecule has 0 radical (unpaired) electrons. The molecule has 1 aromatic heterocycles. The van der Waals surface area contributed by atoms with Gasteiger partial charge < -0.3 is 9.72 Å². The minimum Gasteiger partial charge on any atom is -0.377 e. The SMILES string of the molecule is CCCc1[nH]c2ccccc2c1C(=O)COC. The monoisotopic (exact) mass is 231 g/mol. The molecular formula is C14H17NO2. The van der Waals surface area contributed by atoms with Crippen LogP contribution in [0.2, 0.25) is 0 Å². The minimum absolute atomic E-state index is 0.0494. The minimum atomic E-state index is 0.0494. The van der Waals surface area contributed by atoms with E-state index < -0.39 is 0 Å². The van der Waals surface area contributed by atoms with Crippen LogP contribution in [0.4, 0.5) is 0 Å². The molecule has 2 rings (SSSR count). The van der Waals surface area contributed by atoms with Crippen LogP contribution in [-0.2, 0) is 11.2 Å². The molecule has 0 saturated carbocycles. The van der Waals surface area contributed by atoms with E-state index in [2.05, 4.69) is 11.9 Å². The summed E-state index contributed by atoms with van der Waals surface area (Å²) in [5.74, 6) is 0.0494. The van der Waals surface area contributed by atoms with Gasteiger partial charge in [0.15, 0.2) is 5.78 Å². The van der Waals surface area contributed by atoms with E-state index in [0.29, 0.717) is 0 Å². The van der Waals surface area contributed by atoms with Gasteiger partial charge in [-0.25, -0.2) is 0 Å². The van der Waals surface area contributed by atoms with Crippen molar-refractivity contribution in [3.05, 3.63) is 35.5 Å². The summed E-state index contributed by atoms with van der Waals surface area (Å²) in [7, 11) is 1.55. The van der Waals surface area contributed by atoms with Crippen LogP contribution in [-0.4, -0.2) is 24.5 Å². The Balaban J connectivity index is 2.55. The van der Waals surface area contributed by atoms with Gasteiger partial charge in [-0.2, -0.15) is 0 Å². The fraction of sp³-hybridized carbons (Fsp3) is 0.357. The number of ketones is 1. The number of nitrogens with one attached hydrogen (secondary N) is 1.